The van der Waals surface area contributed by atoms with Crippen LogP contribution < -0.4 is 0 Å². The third-order valence-corrected chi connectivity index (χ3v) is 22.6. The second-order valence-corrected chi connectivity index (χ2v) is 28.0. The van der Waals surface area contributed by atoms with Gasteiger partial charge in [-0.3, -0.25) is 0 Å². The van der Waals surface area contributed by atoms with Gasteiger partial charge in [-0.05, 0) is 130 Å². The van der Waals surface area contributed by atoms with Gasteiger partial charge in [0.2, 0.25) is 0 Å². The first-order valence-corrected chi connectivity index (χ1v) is 30.7. The van der Waals surface area contributed by atoms with Crippen LogP contribution in [-0.4, -0.2) is 274 Å². The molecule has 4 aliphatic carbocycles. The van der Waals surface area contributed by atoms with Gasteiger partial charge in [-0.2, -0.15) is 0 Å². The second kappa shape index (κ2) is 26.4. The van der Waals surface area contributed by atoms with Crippen molar-refractivity contribution in [2.24, 2.45) is 45.3 Å². The highest BCUT2D eigenvalue weighted by Crippen LogP contribution is 2.76. The number of hydrogen-bond acceptors (Lipinski definition) is 26. The Morgan fingerprint density at radius 1 is 0.506 bits per heavy atom. The summed E-state index contributed by atoms with van der Waals surface area (Å²) in [5, 5.41) is 172. The highest BCUT2D eigenvalue weighted by Gasteiger charge is 2.70. The van der Waals surface area contributed by atoms with E-state index in [2.05, 4.69) is 40.7 Å². The molecule has 33 atom stereocenters. The lowest BCUT2D eigenvalue weighted by Crippen LogP contribution is -2.67. The zero-order valence-corrected chi connectivity index (χ0v) is 50.2. The molecule has 0 radical (unpaired) electrons. The topological polar surface area (TPSA) is 416 Å². The van der Waals surface area contributed by atoms with Crippen LogP contribution in [0.25, 0.3) is 0 Å². The molecule has 33 unspecified atom stereocenters. The highest BCUT2D eigenvalue weighted by atomic mass is 16.8. The number of aliphatic hydroxyl groups is 16. The van der Waals surface area contributed by atoms with E-state index >= 15 is 0 Å². The molecular formula is C59H100O26. The Morgan fingerprint density at radius 3 is 1.64 bits per heavy atom. The SMILES string of the molecule is CC(C)=CCCC(C)(OC1OC(COC2OC(COC3OCC(O)C(O)C3O)C(O)C(O)C2O)C(O)C(O)C1O)C1CCC2(C)C1CCC1C3(C)CCC(OC4OC(CO)C(O)C(O)C4OC4OC(CO)C(O)C(O)C4O)C(C)(C)C3CCC12C. The average molecular weight is 1230 g/mol. The third kappa shape index (κ3) is 12.5. The second-order valence-electron chi connectivity index (χ2n) is 28.0. The average Bonchev–Trinajstić information content (AvgIpc) is 1.84. The van der Waals surface area contributed by atoms with Crippen molar-refractivity contribution in [3.63, 3.8) is 0 Å². The van der Waals surface area contributed by atoms with E-state index < -0.39 is 191 Å². The van der Waals surface area contributed by atoms with Gasteiger partial charge in [0.05, 0.1) is 44.7 Å². The molecule has 0 amide bonds. The van der Waals surface area contributed by atoms with E-state index in [1.165, 1.54) is 0 Å². The number of aliphatic hydroxyl groups excluding tert-OH is 16. The van der Waals surface area contributed by atoms with E-state index in [4.69, 9.17) is 47.4 Å². The molecule has 0 aromatic carbocycles. The van der Waals surface area contributed by atoms with Gasteiger partial charge in [-0.1, -0.05) is 46.3 Å². The fraction of sp³-hybridized carbons (Fsp3) is 0.966. The van der Waals surface area contributed by atoms with Crippen molar-refractivity contribution in [1.82, 2.24) is 0 Å². The van der Waals surface area contributed by atoms with Crippen molar-refractivity contribution < 1.29 is 129 Å². The molecule has 16 N–H and O–H groups in total. The predicted octanol–water partition coefficient (Wildman–Crippen LogP) is -2.71. The first-order chi connectivity index (χ1) is 39.9. The van der Waals surface area contributed by atoms with Crippen LogP contribution in [0, 0.1) is 45.3 Å². The standard InChI is InChI=1S/C59H100O26/c1-25(2)10-9-16-59(8,85-53-48(75)43(70)40(67)32(82-53)24-78-51-46(73)42(69)39(66)31(81-51)23-77-50-45(72)36(63)28(62)22-76-50)27-13-18-57(6)26(27)11-12-34-56(5)17-15-35(55(3,4)33(56)14-19-58(34,57)7)83-54-49(44(71)38(65)30(21-61)80-54)84-52-47(74)41(68)37(64)29(20-60)79-52/h10,26-54,60-75H,9,11-24H2,1-8H3. The normalized spacial score (nSPS) is 52.5. The minimum atomic E-state index is -1.82. The molecule has 5 heterocycles. The van der Waals surface area contributed by atoms with Crippen molar-refractivity contribution in [3.05, 3.63) is 11.6 Å². The van der Waals surface area contributed by atoms with E-state index in [1.807, 2.05) is 20.8 Å². The molecule has 4 saturated carbocycles. The van der Waals surface area contributed by atoms with E-state index in [1.54, 1.807) is 0 Å². The maximum Gasteiger partial charge on any atom is 0.187 e. The van der Waals surface area contributed by atoms with Crippen molar-refractivity contribution in [2.45, 2.75) is 279 Å². The van der Waals surface area contributed by atoms with E-state index in [9.17, 15) is 81.7 Å². The smallest absolute Gasteiger partial charge is 0.187 e. The van der Waals surface area contributed by atoms with Crippen LogP contribution >= 0.6 is 0 Å². The van der Waals surface area contributed by atoms with Gasteiger partial charge < -0.3 is 129 Å². The van der Waals surface area contributed by atoms with E-state index in [0.717, 1.165) is 50.5 Å². The van der Waals surface area contributed by atoms with Gasteiger partial charge in [0.15, 0.2) is 31.5 Å². The summed E-state index contributed by atoms with van der Waals surface area (Å²) in [6, 6.07) is 0. The fourth-order valence-electron chi connectivity index (χ4n) is 17.4. The largest absolute Gasteiger partial charge is 0.394 e. The summed E-state index contributed by atoms with van der Waals surface area (Å²) in [6.45, 7) is 14.9. The minimum absolute atomic E-state index is 0.0435. The van der Waals surface area contributed by atoms with Crippen LogP contribution in [0.3, 0.4) is 0 Å². The van der Waals surface area contributed by atoms with Gasteiger partial charge in [-0.25, -0.2) is 0 Å². The zero-order valence-electron chi connectivity index (χ0n) is 50.2. The van der Waals surface area contributed by atoms with Crippen LogP contribution in [0.15, 0.2) is 11.6 Å². The molecule has 9 aliphatic rings. The summed E-state index contributed by atoms with van der Waals surface area (Å²) in [7, 11) is 0. The van der Waals surface area contributed by atoms with Gasteiger partial charge in [0, 0.05) is 0 Å². The van der Waals surface area contributed by atoms with Crippen molar-refractivity contribution >= 4 is 0 Å². The van der Waals surface area contributed by atoms with Crippen molar-refractivity contribution in [2.75, 3.05) is 33.0 Å². The number of fused-ring (bicyclic) bond motifs is 5. The maximum absolute atomic E-state index is 11.7. The molecule has 0 spiro atoms. The summed E-state index contributed by atoms with van der Waals surface area (Å²) in [4.78, 5) is 0. The molecule has 26 nitrogen and oxygen atoms in total. The quantitative estimate of drug-likeness (QED) is 0.0490. The molecule has 9 rings (SSSR count). The lowest BCUT2D eigenvalue weighted by molar-refractivity contribution is -0.378. The van der Waals surface area contributed by atoms with Crippen LogP contribution in [0.1, 0.15) is 120 Å². The molecule has 26 heteroatoms. The fourth-order valence-corrected chi connectivity index (χ4v) is 17.4. The summed E-state index contributed by atoms with van der Waals surface area (Å²) in [5.41, 5.74) is -0.834. The zero-order chi connectivity index (χ0) is 62.2. The van der Waals surface area contributed by atoms with Crippen molar-refractivity contribution in [1.29, 1.82) is 0 Å². The minimum Gasteiger partial charge on any atom is -0.394 e. The molecule has 0 bridgehead atoms. The van der Waals surface area contributed by atoms with E-state index in [0.29, 0.717) is 19.3 Å². The van der Waals surface area contributed by atoms with Gasteiger partial charge >= 0.3 is 0 Å². The number of ether oxygens (including phenoxy) is 10. The maximum atomic E-state index is 11.7. The number of hydrogen-bond donors (Lipinski definition) is 16. The first-order valence-electron chi connectivity index (χ1n) is 30.7. The summed E-state index contributed by atoms with van der Waals surface area (Å²) < 4.78 is 60.5. The Kier molecular flexibility index (Phi) is 21.1. The lowest BCUT2D eigenvalue weighted by atomic mass is 9.35. The molecule has 0 aromatic heterocycles. The monoisotopic (exact) mass is 1220 g/mol. The van der Waals surface area contributed by atoms with Crippen molar-refractivity contribution in [3.8, 4) is 0 Å². The molecule has 85 heavy (non-hydrogen) atoms. The highest BCUT2D eigenvalue weighted by molar-refractivity contribution is 5.19. The Morgan fingerprint density at radius 2 is 1.02 bits per heavy atom. The summed E-state index contributed by atoms with van der Waals surface area (Å²) >= 11 is 0. The lowest BCUT2D eigenvalue weighted by Gasteiger charge is -2.70. The third-order valence-electron chi connectivity index (χ3n) is 22.6. The van der Waals surface area contributed by atoms with E-state index in [-0.39, 0.29) is 46.5 Å². The predicted molar refractivity (Wildman–Crippen MR) is 291 cm³/mol. The van der Waals surface area contributed by atoms with Crippen LogP contribution in [-0.2, 0) is 47.4 Å². The summed E-state index contributed by atoms with van der Waals surface area (Å²) in [5.74, 6) is 0.533. The van der Waals surface area contributed by atoms with Crippen LogP contribution in [0.5, 0.6) is 0 Å². The number of allylic oxidation sites excluding steroid dienone is 2. The van der Waals surface area contributed by atoms with Gasteiger partial charge in [0.25, 0.3) is 0 Å². The Balaban J connectivity index is 0.888. The molecular weight excluding hydrogens is 1120 g/mol. The van der Waals surface area contributed by atoms with Gasteiger partial charge in [0.1, 0.15) is 116 Å². The van der Waals surface area contributed by atoms with Gasteiger partial charge in [-0.15, -0.1) is 0 Å². The Hall–Kier alpha value is -1.30. The molecule has 9 fully saturated rings. The number of rotatable bonds is 18. The Labute approximate surface area is 496 Å². The molecule has 5 saturated heterocycles. The molecule has 0 aromatic rings. The molecule has 5 aliphatic heterocycles. The summed E-state index contributed by atoms with van der Waals surface area (Å²) in [6.07, 6.45) is -28.7. The molecule has 492 valence electrons. The van der Waals surface area contributed by atoms with Crippen LogP contribution in [0.4, 0.5) is 0 Å². The van der Waals surface area contributed by atoms with Crippen LogP contribution in [0.2, 0.25) is 0 Å². The Bertz CT molecular complexity index is 2230. The first kappa shape index (κ1) is 68.1.